The Balaban J connectivity index is 2.52. The fourth-order valence-electron chi connectivity index (χ4n) is 1.59. The summed E-state index contributed by atoms with van der Waals surface area (Å²) in [5.74, 6) is -0.342. The van der Waals surface area contributed by atoms with Crippen LogP contribution in [0.5, 0.6) is 0 Å². The average molecular weight is 186 g/mol. The maximum absolute atomic E-state index is 11.5. The Hall–Kier alpha value is -2.10. The molecular formula is C10H6N2O2. The van der Waals surface area contributed by atoms with Crippen LogP contribution in [0, 0.1) is 0 Å². The number of nitrogens with zero attached hydrogens (tertiary/aromatic N) is 2. The van der Waals surface area contributed by atoms with Crippen LogP contribution in [0.15, 0.2) is 30.8 Å². The third-order valence-electron chi connectivity index (χ3n) is 2.21. The van der Waals surface area contributed by atoms with Crippen molar-refractivity contribution in [2.75, 3.05) is 0 Å². The van der Waals surface area contributed by atoms with Gasteiger partial charge in [0.15, 0.2) is 0 Å². The quantitative estimate of drug-likeness (QED) is 0.587. The van der Waals surface area contributed by atoms with Crippen LogP contribution in [0.4, 0.5) is 0 Å². The van der Waals surface area contributed by atoms with Gasteiger partial charge in [-0.3, -0.25) is 0 Å². The third kappa shape index (κ3) is 0.821. The summed E-state index contributed by atoms with van der Waals surface area (Å²) in [6.07, 6.45) is 4.69. The van der Waals surface area contributed by atoms with Crippen molar-refractivity contribution in [2.45, 2.75) is 0 Å². The molecule has 1 aromatic heterocycles. The summed E-state index contributed by atoms with van der Waals surface area (Å²) in [6, 6.07) is 5.39. The Morgan fingerprint density at radius 2 is 2.29 bits per heavy atom. The van der Waals surface area contributed by atoms with E-state index in [-0.39, 0.29) is 5.97 Å². The number of para-hydroxylation sites is 1. The van der Waals surface area contributed by atoms with E-state index in [1.54, 1.807) is 29.2 Å². The summed E-state index contributed by atoms with van der Waals surface area (Å²) in [6.45, 7) is 0. The highest BCUT2D eigenvalue weighted by atomic mass is 16.5. The molecule has 2 heterocycles. The van der Waals surface area contributed by atoms with Crippen LogP contribution in [-0.4, -0.2) is 15.5 Å². The average Bonchev–Trinajstić information content (AvgIpc) is 2.53. The second kappa shape index (κ2) is 2.45. The van der Waals surface area contributed by atoms with E-state index in [1.807, 2.05) is 6.07 Å². The molecule has 0 aliphatic carbocycles. The first-order valence-corrected chi connectivity index (χ1v) is 4.19. The van der Waals surface area contributed by atoms with E-state index >= 15 is 0 Å². The summed E-state index contributed by atoms with van der Waals surface area (Å²) in [5, 5.41) is 0. The summed E-state index contributed by atoms with van der Waals surface area (Å²) >= 11 is 0. The molecule has 1 aliphatic rings. The van der Waals surface area contributed by atoms with Gasteiger partial charge in [0.1, 0.15) is 12.6 Å². The highest BCUT2D eigenvalue weighted by Crippen LogP contribution is 2.21. The first-order valence-electron chi connectivity index (χ1n) is 4.19. The molecule has 0 amide bonds. The molecule has 4 nitrogen and oxygen atoms in total. The predicted molar refractivity (Wildman–Crippen MR) is 50.5 cm³/mol. The molecule has 2 aromatic rings. The fourth-order valence-corrected chi connectivity index (χ4v) is 1.59. The van der Waals surface area contributed by atoms with Gasteiger partial charge in [-0.1, -0.05) is 6.07 Å². The van der Waals surface area contributed by atoms with Crippen molar-refractivity contribution in [3.63, 3.8) is 0 Å². The van der Waals surface area contributed by atoms with E-state index in [4.69, 9.17) is 4.74 Å². The lowest BCUT2D eigenvalue weighted by Gasteiger charge is -1.98. The van der Waals surface area contributed by atoms with E-state index in [9.17, 15) is 4.79 Å². The van der Waals surface area contributed by atoms with Gasteiger partial charge in [0.2, 0.25) is 0 Å². The second-order valence-corrected chi connectivity index (χ2v) is 3.02. The standard InChI is InChI=1S/C10H6N2O2/c13-10-7-2-1-3-8-9(7)12(6-11-8)4-5-14-10/h1-6H. The number of aromatic nitrogens is 2. The lowest BCUT2D eigenvalue weighted by Crippen LogP contribution is -2.00. The minimum atomic E-state index is -0.342. The van der Waals surface area contributed by atoms with Crippen molar-refractivity contribution in [2.24, 2.45) is 0 Å². The van der Waals surface area contributed by atoms with E-state index in [0.29, 0.717) is 5.56 Å². The summed E-state index contributed by atoms with van der Waals surface area (Å²) in [7, 11) is 0. The monoisotopic (exact) mass is 186 g/mol. The van der Waals surface area contributed by atoms with Crippen molar-refractivity contribution < 1.29 is 9.53 Å². The van der Waals surface area contributed by atoms with Crippen molar-refractivity contribution in [3.8, 4) is 0 Å². The van der Waals surface area contributed by atoms with Gasteiger partial charge in [-0.15, -0.1) is 0 Å². The Labute approximate surface area is 79.4 Å². The van der Waals surface area contributed by atoms with Gasteiger partial charge in [-0.05, 0) is 12.1 Å². The van der Waals surface area contributed by atoms with Crippen LogP contribution in [0.2, 0.25) is 0 Å². The van der Waals surface area contributed by atoms with Gasteiger partial charge in [-0.2, -0.15) is 0 Å². The lowest BCUT2D eigenvalue weighted by atomic mass is 10.2. The number of carbonyl (C=O) groups is 1. The van der Waals surface area contributed by atoms with Crippen molar-refractivity contribution >= 4 is 23.2 Å². The Bertz CT molecular complexity index is 554. The largest absolute Gasteiger partial charge is 0.429 e. The maximum atomic E-state index is 11.5. The highest BCUT2D eigenvalue weighted by molar-refractivity contribution is 6.03. The van der Waals surface area contributed by atoms with E-state index in [1.165, 1.54) is 6.26 Å². The molecule has 0 N–H and O–H groups in total. The topological polar surface area (TPSA) is 44.1 Å². The predicted octanol–water partition coefficient (Wildman–Crippen LogP) is 1.63. The summed E-state index contributed by atoms with van der Waals surface area (Å²) < 4.78 is 6.64. The lowest BCUT2D eigenvalue weighted by molar-refractivity contribution is 0.0668. The van der Waals surface area contributed by atoms with Crippen LogP contribution in [0.25, 0.3) is 17.2 Å². The van der Waals surface area contributed by atoms with Gasteiger partial charge in [0.25, 0.3) is 0 Å². The summed E-state index contributed by atoms with van der Waals surface area (Å²) in [5.41, 5.74) is 2.14. The first kappa shape index (κ1) is 7.32. The molecule has 0 saturated heterocycles. The molecule has 0 unspecified atom stereocenters. The van der Waals surface area contributed by atoms with Gasteiger partial charge in [0.05, 0.1) is 16.6 Å². The number of carbonyl (C=O) groups excluding carboxylic acids is 1. The molecular weight excluding hydrogens is 180 g/mol. The Morgan fingerprint density at radius 3 is 3.21 bits per heavy atom. The zero-order chi connectivity index (χ0) is 9.54. The van der Waals surface area contributed by atoms with Gasteiger partial charge < -0.3 is 9.30 Å². The van der Waals surface area contributed by atoms with Crippen LogP contribution in [0.1, 0.15) is 10.4 Å². The third-order valence-corrected chi connectivity index (χ3v) is 2.21. The van der Waals surface area contributed by atoms with Gasteiger partial charge >= 0.3 is 5.97 Å². The van der Waals surface area contributed by atoms with Gasteiger partial charge in [-0.25, -0.2) is 9.78 Å². The molecule has 68 valence electrons. The highest BCUT2D eigenvalue weighted by Gasteiger charge is 2.16. The number of benzene rings is 1. The number of hydrogen-bond acceptors (Lipinski definition) is 3. The fraction of sp³-hybridized carbons (Fsp3) is 0. The molecule has 0 radical (unpaired) electrons. The van der Waals surface area contributed by atoms with Crippen molar-refractivity contribution in [3.05, 3.63) is 36.4 Å². The molecule has 0 bridgehead atoms. The Kier molecular flexibility index (Phi) is 1.28. The molecule has 0 spiro atoms. The number of imidazole rings is 1. The number of cyclic esters (lactones) is 1. The number of esters is 1. The maximum Gasteiger partial charge on any atom is 0.345 e. The van der Waals surface area contributed by atoms with Crippen molar-refractivity contribution in [1.29, 1.82) is 0 Å². The number of rotatable bonds is 0. The van der Waals surface area contributed by atoms with Crippen LogP contribution >= 0.6 is 0 Å². The molecule has 0 fully saturated rings. The van der Waals surface area contributed by atoms with E-state index in [2.05, 4.69) is 4.98 Å². The molecule has 1 aliphatic heterocycles. The minimum Gasteiger partial charge on any atom is -0.429 e. The molecule has 4 heteroatoms. The van der Waals surface area contributed by atoms with E-state index in [0.717, 1.165) is 11.0 Å². The molecule has 3 rings (SSSR count). The SMILES string of the molecule is O=C1OC=Cn2cnc3cccc1c32. The van der Waals surface area contributed by atoms with E-state index < -0.39 is 0 Å². The Morgan fingerprint density at radius 1 is 1.36 bits per heavy atom. The second-order valence-electron chi connectivity index (χ2n) is 3.02. The zero-order valence-electron chi connectivity index (χ0n) is 7.18. The molecule has 14 heavy (non-hydrogen) atoms. The van der Waals surface area contributed by atoms with Gasteiger partial charge in [0, 0.05) is 6.20 Å². The van der Waals surface area contributed by atoms with Crippen LogP contribution in [0.3, 0.4) is 0 Å². The zero-order valence-corrected chi connectivity index (χ0v) is 7.18. The van der Waals surface area contributed by atoms with Crippen molar-refractivity contribution in [1.82, 2.24) is 9.55 Å². The van der Waals surface area contributed by atoms with Crippen LogP contribution in [-0.2, 0) is 4.74 Å². The number of ether oxygens (including phenoxy) is 1. The molecule has 0 saturated carbocycles. The number of hydrogen-bond donors (Lipinski definition) is 0. The smallest absolute Gasteiger partial charge is 0.345 e. The first-order chi connectivity index (χ1) is 6.86. The molecule has 0 atom stereocenters. The van der Waals surface area contributed by atoms with Crippen LogP contribution < -0.4 is 0 Å². The minimum absolute atomic E-state index is 0.342. The summed E-state index contributed by atoms with van der Waals surface area (Å²) in [4.78, 5) is 15.6. The normalized spacial score (nSPS) is 14.1. The molecule has 1 aromatic carbocycles.